The predicted octanol–water partition coefficient (Wildman–Crippen LogP) is 2.36. The van der Waals surface area contributed by atoms with E-state index in [1.807, 2.05) is 0 Å². The summed E-state index contributed by atoms with van der Waals surface area (Å²) in [6.45, 7) is 0. The van der Waals surface area contributed by atoms with Crippen molar-refractivity contribution in [2.75, 3.05) is 5.75 Å². The van der Waals surface area contributed by atoms with E-state index in [1.54, 1.807) is 0 Å². The molecule has 0 nitrogen and oxygen atoms in total. The minimum Gasteiger partial charge on any atom is -0.165 e. The molecular formula is C5H10BFS. The lowest BCUT2D eigenvalue weighted by molar-refractivity contribution is 0.770. The van der Waals surface area contributed by atoms with E-state index in [2.05, 4.69) is 0 Å². The molecule has 0 aromatic carbocycles. The largest absolute Gasteiger partial charge is 0.165 e. The topological polar surface area (TPSA) is 0 Å². The molecule has 0 unspecified atom stereocenters. The van der Waals surface area contributed by atoms with E-state index in [4.69, 9.17) is 7.85 Å². The zero-order valence-electron chi connectivity index (χ0n) is 4.90. The van der Waals surface area contributed by atoms with Gasteiger partial charge in [0.05, 0.1) is 7.85 Å². The molecule has 0 fully saturated rings. The first-order valence-electron chi connectivity index (χ1n) is 2.85. The molecule has 0 saturated heterocycles. The van der Waals surface area contributed by atoms with Crippen LogP contribution in [-0.4, -0.2) is 13.6 Å². The quantitative estimate of drug-likeness (QED) is 0.408. The molecule has 0 rings (SSSR count). The third-order valence-corrected chi connectivity index (χ3v) is 1.37. The van der Waals surface area contributed by atoms with Gasteiger partial charge in [-0.25, -0.2) is 0 Å². The molecule has 0 bridgehead atoms. The van der Waals surface area contributed by atoms with Crippen molar-refractivity contribution in [2.45, 2.75) is 25.6 Å². The first-order valence-corrected chi connectivity index (χ1v) is 3.74. The molecule has 0 N–H and O–H groups in total. The fourth-order valence-electron chi connectivity index (χ4n) is 0.478. The summed E-state index contributed by atoms with van der Waals surface area (Å²) >= 11 is 0.411. The van der Waals surface area contributed by atoms with Crippen molar-refractivity contribution in [2.24, 2.45) is 0 Å². The standard InChI is InChI=1S/C5H10BFS/c6-4-2-1-3-5-8-7/h1-5H2. The highest BCUT2D eigenvalue weighted by Gasteiger charge is 1.85. The summed E-state index contributed by atoms with van der Waals surface area (Å²) in [5.74, 6) is 0.625. The van der Waals surface area contributed by atoms with E-state index in [0.29, 0.717) is 17.9 Å². The van der Waals surface area contributed by atoms with Gasteiger partial charge in [0, 0.05) is 17.9 Å². The lowest BCUT2D eigenvalue weighted by Crippen LogP contribution is -1.77. The molecule has 0 atom stereocenters. The van der Waals surface area contributed by atoms with Gasteiger partial charge in [-0.2, -0.15) is 3.89 Å². The summed E-state index contributed by atoms with van der Waals surface area (Å²) in [5.41, 5.74) is 0. The average molecular weight is 132 g/mol. The first kappa shape index (κ1) is 8.34. The average Bonchev–Trinajstić information content (AvgIpc) is 1.81. The van der Waals surface area contributed by atoms with Crippen LogP contribution < -0.4 is 0 Å². The van der Waals surface area contributed by atoms with Gasteiger partial charge in [0.1, 0.15) is 0 Å². The van der Waals surface area contributed by atoms with Crippen LogP contribution >= 0.6 is 12.1 Å². The third-order valence-electron chi connectivity index (χ3n) is 0.926. The number of unbranched alkanes of at least 4 members (excludes halogenated alkanes) is 2. The Bertz CT molecular complexity index is 37.4. The van der Waals surface area contributed by atoms with Gasteiger partial charge >= 0.3 is 0 Å². The van der Waals surface area contributed by atoms with E-state index in [0.717, 1.165) is 25.6 Å². The molecule has 0 aromatic rings. The van der Waals surface area contributed by atoms with E-state index in [9.17, 15) is 3.89 Å². The van der Waals surface area contributed by atoms with E-state index in [-0.39, 0.29) is 0 Å². The Balaban J connectivity index is 2.53. The van der Waals surface area contributed by atoms with Crippen LogP contribution in [0.2, 0.25) is 6.32 Å². The molecule has 0 heterocycles. The van der Waals surface area contributed by atoms with E-state index in [1.165, 1.54) is 0 Å². The summed E-state index contributed by atoms with van der Waals surface area (Å²) in [6.07, 6.45) is 3.78. The van der Waals surface area contributed by atoms with Crippen molar-refractivity contribution in [3.63, 3.8) is 0 Å². The van der Waals surface area contributed by atoms with E-state index >= 15 is 0 Å². The van der Waals surface area contributed by atoms with Crippen LogP contribution in [0.3, 0.4) is 0 Å². The summed E-state index contributed by atoms with van der Waals surface area (Å²) in [7, 11) is 5.21. The van der Waals surface area contributed by atoms with Crippen molar-refractivity contribution in [1.29, 1.82) is 0 Å². The Hall–Kier alpha value is 0.345. The Labute approximate surface area is 55.9 Å². The molecule has 0 aliphatic heterocycles. The molecule has 46 valence electrons. The maximum atomic E-state index is 11.3. The maximum absolute atomic E-state index is 11.3. The predicted molar refractivity (Wildman–Crippen MR) is 38.0 cm³/mol. The van der Waals surface area contributed by atoms with Crippen molar-refractivity contribution in [3.8, 4) is 0 Å². The second kappa shape index (κ2) is 7.34. The van der Waals surface area contributed by atoms with Crippen LogP contribution in [0, 0.1) is 0 Å². The summed E-state index contributed by atoms with van der Waals surface area (Å²) < 4.78 is 11.3. The van der Waals surface area contributed by atoms with Gasteiger partial charge < -0.3 is 0 Å². The minimum absolute atomic E-state index is 0.411. The smallest absolute Gasteiger partial charge is 0.0653 e. The fourth-order valence-corrected chi connectivity index (χ4v) is 0.791. The van der Waals surface area contributed by atoms with Gasteiger partial charge in [-0.15, -0.1) is 0 Å². The van der Waals surface area contributed by atoms with Crippen molar-refractivity contribution < 1.29 is 3.89 Å². The number of hydrogen-bond donors (Lipinski definition) is 0. The van der Waals surface area contributed by atoms with Crippen molar-refractivity contribution in [1.82, 2.24) is 0 Å². The van der Waals surface area contributed by atoms with Gasteiger partial charge in [0.25, 0.3) is 0 Å². The normalized spacial score (nSPS) is 9.62. The van der Waals surface area contributed by atoms with Gasteiger partial charge in [-0.05, 0) is 6.42 Å². The summed E-state index contributed by atoms with van der Waals surface area (Å²) in [4.78, 5) is 0. The molecule has 0 aliphatic rings. The number of halogens is 1. The zero-order chi connectivity index (χ0) is 6.24. The highest BCUT2D eigenvalue weighted by molar-refractivity contribution is 7.94. The van der Waals surface area contributed by atoms with Crippen LogP contribution in [-0.2, 0) is 0 Å². The Morgan fingerprint density at radius 1 is 1.25 bits per heavy atom. The van der Waals surface area contributed by atoms with Gasteiger partial charge in [0.2, 0.25) is 0 Å². The molecule has 0 aromatic heterocycles. The summed E-state index contributed by atoms with van der Waals surface area (Å²) in [5, 5.41) is 0. The first-order chi connectivity index (χ1) is 3.91. The van der Waals surface area contributed by atoms with Crippen LogP contribution in [0.4, 0.5) is 3.89 Å². The second-order valence-corrected chi connectivity index (χ2v) is 2.29. The molecular weight excluding hydrogens is 122 g/mol. The summed E-state index contributed by atoms with van der Waals surface area (Å²) in [6, 6.07) is 0. The monoisotopic (exact) mass is 132 g/mol. The maximum Gasteiger partial charge on any atom is 0.0653 e. The number of rotatable bonds is 5. The molecule has 0 saturated carbocycles. The zero-order valence-corrected chi connectivity index (χ0v) is 5.72. The van der Waals surface area contributed by atoms with Gasteiger partial charge in [-0.1, -0.05) is 19.2 Å². The molecule has 0 amide bonds. The Morgan fingerprint density at radius 3 is 2.50 bits per heavy atom. The van der Waals surface area contributed by atoms with Crippen LogP contribution in [0.1, 0.15) is 19.3 Å². The van der Waals surface area contributed by atoms with Crippen LogP contribution in [0.25, 0.3) is 0 Å². The van der Waals surface area contributed by atoms with Crippen molar-refractivity contribution in [3.05, 3.63) is 0 Å². The highest BCUT2D eigenvalue weighted by Crippen LogP contribution is 2.06. The van der Waals surface area contributed by atoms with Crippen LogP contribution in [0.5, 0.6) is 0 Å². The molecule has 2 radical (unpaired) electrons. The van der Waals surface area contributed by atoms with E-state index < -0.39 is 0 Å². The lowest BCUT2D eigenvalue weighted by atomic mass is 10.00. The molecule has 0 spiro atoms. The van der Waals surface area contributed by atoms with Crippen molar-refractivity contribution >= 4 is 20.0 Å². The second-order valence-electron chi connectivity index (χ2n) is 1.66. The molecule has 0 aliphatic carbocycles. The fraction of sp³-hybridized carbons (Fsp3) is 1.00. The Morgan fingerprint density at radius 2 is 2.00 bits per heavy atom. The molecule has 8 heavy (non-hydrogen) atoms. The minimum atomic E-state index is 0.411. The third kappa shape index (κ3) is 6.34. The van der Waals surface area contributed by atoms with Crippen LogP contribution in [0.15, 0.2) is 0 Å². The highest BCUT2D eigenvalue weighted by atomic mass is 32.2. The van der Waals surface area contributed by atoms with Gasteiger partial charge in [0.15, 0.2) is 0 Å². The number of hydrogen-bond acceptors (Lipinski definition) is 1. The lowest BCUT2D eigenvalue weighted by Gasteiger charge is -1.91. The van der Waals surface area contributed by atoms with Gasteiger partial charge in [-0.3, -0.25) is 0 Å². The Kier molecular flexibility index (Phi) is 7.66. The molecule has 3 heteroatoms. The SMILES string of the molecule is [B]CCCCCSF.